The highest BCUT2D eigenvalue weighted by atomic mass is 16.5. The average Bonchev–Trinajstić information content (AvgIpc) is 2.30. The van der Waals surface area contributed by atoms with Crippen molar-refractivity contribution in [3.8, 4) is 0 Å². The van der Waals surface area contributed by atoms with Crippen molar-refractivity contribution in [2.24, 2.45) is 0 Å². The maximum Gasteiger partial charge on any atom is 0.0882 e. The van der Waals surface area contributed by atoms with E-state index in [4.69, 9.17) is 4.74 Å². The van der Waals surface area contributed by atoms with E-state index in [-0.39, 0.29) is 5.60 Å². The third-order valence-corrected chi connectivity index (χ3v) is 4.33. The summed E-state index contributed by atoms with van der Waals surface area (Å²) >= 11 is 0. The van der Waals surface area contributed by atoms with Crippen molar-refractivity contribution in [2.75, 3.05) is 7.11 Å². The van der Waals surface area contributed by atoms with E-state index in [1.807, 2.05) is 7.11 Å². The fraction of sp³-hybridized carbons (Fsp3) is 0.875. The third-order valence-electron chi connectivity index (χ3n) is 4.33. The zero-order valence-corrected chi connectivity index (χ0v) is 11.9. The van der Waals surface area contributed by atoms with Crippen LogP contribution in [-0.4, -0.2) is 12.7 Å². The summed E-state index contributed by atoms with van der Waals surface area (Å²) in [5.74, 6) is 0. The zero-order chi connectivity index (χ0) is 12.6. The molecule has 100 valence electrons. The normalized spacial score (nSPS) is 23.4. The van der Waals surface area contributed by atoms with Gasteiger partial charge in [-0.15, -0.1) is 0 Å². The van der Waals surface area contributed by atoms with Crippen molar-refractivity contribution in [3.05, 3.63) is 12.2 Å². The quantitative estimate of drug-likeness (QED) is 0.597. The highest BCUT2D eigenvalue weighted by Gasteiger charge is 2.29. The van der Waals surface area contributed by atoms with Crippen LogP contribution < -0.4 is 0 Å². The summed E-state index contributed by atoms with van der Waals surface area (Å²) < 4.78 is 5.84. The van der Waals surface area contributed by atoms with Crippen LogP contribution in [0.4, 0.5) is 0 Å². The summed E-state index contributed by atoms with van der Waals surface area (Å²) in [4.78, 5) is 0. The molecule has 0 aromatic rings. The van der Waals surface area contributed by atoms with Gasteiger partial charge in [0, 0.05) is 7.11 Å². The Hall–Kier alpha value is -0.300. The second-order valence-corrected chi connectivity index (χ2v) is 5.66. The Kier molecular flexibility index (Phi) is 6.87. The Morgan fingerprint density at radius 2 is 1.18 bits per heavy atom. The SMILES string of the molecule is C=C(C)C1(OC)CCCCCCCCCCC1. The van der Waals surface area contributed by atoms with E-state index in [0.29, 0.717) is 0 Å². The van der Waals surface area contributed by atoms with Gasteiger partial charge in [-0.2, -0.15) is 0 Å². The van der Waals surface area contributed by atoms with Gasteiger partial charge in [-0.1, -0.05) is 64.4 Å². The molecule has 0 aromatic heterocycles. The molecule has 0 saturated heterocycles. The molecule has 0 unspecified atom stereocenters. The Morgan fingerprint density at radius 3 is 1.47 bits per heavy atom. The molecule has 1 nitrogen and oxygen atoms in total. The first kappa shape index (κ1) is 14.8. The van der Waals surface area contributed by atoms with Gasteiger partial charge in [0.2, 0.25) is 0 Å². The summed E-state index contributed by atoms with van der Waals surface area (Å²) in [6.07, 6.45) is 14.7. The lowest BCUT2D eigenvalue weighted by Gasteiger charge is -2.34. The molecule has 0 spiro atoms. The fourth-order valence-electron chi connectivity index (χ4n) is 2.99. The largest absolute Gasteiger partial charge is 0.374 e. The van der Waals surface area contributed by atoms with Gasteiger partial charge in [0.1, 0.15) is 0 Å². The second kappa shape index (κ2) is 7.92. The van der Waals surface area contributed by atoms with Crippen molar-refractivity contribution in [1.82, 2.24) is 0 Å². The average molecular weight is 238 g/mol. The van der Waals surface area contributed by atoms with Gasteiger partial charge in [0.05, 0.1) is 5.60 Å². The molecule has 0 radical (unpaired) electrons. The minimum absolute atomic E-state index is 0.0286. The molecule has 0 aromatic carbocycles. The van der Waals surface area contributed by atoms with Gasteiger partial charge in [-0.3, -0.25) is 0 Å². The molecular weight excluding hydrogens is 208 g/mol. The molecule has 1 aliphatic carbocycles. The monoisotopic (exact) mass is 238 g/mol. The van der Waals surface area contributed by atoms with Crippen molar-refractivity contribution in [3.63, 3.8) is 0 Å². The number of hydrogen-bond donors (Lipinski definition) is 0. The molecule has 1 aliphatic rings. The van der Waals surface area contributed by atoms with Crippen molar-refractivity contribution in [2.45, 2.75) is 83.2 Å². The number of hydrogen-bond acceptors (Lipinski definition) is 1. The summed E-state index contributed by atoms with van der Waals surface area (Å²) in [5, 5.41) is 0. The van der Waals surface area contributed by atoms with Gasteiger partial charge in [-0.25, -0.2) is 0 Å². The molecule has 1 heteroatoms. The Balaban J connectivity index is 2.55. The van der Waals surface area contributed by atoms with Crippen LogP contribution in [0.3, 0.4) is 0 Å². The van der Waals surface area contributed by atoms with Crippen LogP contribution in [-0.2, 0) is 4.74 Å². The summed E-state index contributed by atoms with van der Waals surface area (Å²) in [6, 6.07) is 0. The Morgan fingerprint density at radius 1 is 0.824 bits per heavy atom. The highest BCUT2D eigenvalue weighted by Crippen LogP contribution is 2.33. The Bertz CT molecular complexity index is 208. The number of methoxy groups -OCH3 is 1. The summed E-state index contributed by atoms with van der Waals surface area (Å²) in [5.41, 5.74) is 1.19. The molecule has 1 fully saturated rings. The first-order valence-electron chi connectivity index (χ1n) is 7.42. The van der Waals surface area contributed by atoms with E-state index in [1.165, 1.54) is 76.2 Å². The predicted molar refractivity (Wildman–Crippen MR) is 75.3 cm³/mol. The minimum atomic E-state index is -0.0286. The van der Waals surface area contributed by atoms with Crippen LogP contribution in [0.2, 0.25) is 0 Å². The molecular formula is C16H30O. The molecule has 0 aliphatic heterocycles. The lowest BCUT2D eigenvalue weighted by molar-refractivity contribution is 0.00360. The van der Waals surface area contributed by atoms with E-state index in [2.05, 4.69) is 13.5 Å². The van der Waals surface area contributed by atoms with Crippen LogP contribution in [0.1, 0.15) is 77.6 Å². The van der Waals surface area contributed by atoms with E-state index in [1.54, 1.807) is 0 Å². The van der Waals surface area contributed by atoms with Crippen LogP contribution in [0.15, 0.2) is 12.2 Å². The van der Waals surface area contributed by atoms with Crippen molar-refractivity contribution >= 4 is 0 Å². The van der Waals surface area contributed by atoms with Crippen molar-refractivity contribution < 1.29 is 4.74 Å². The first-order valence-corrected chi connectivity index (χ1v) is 7.42. The van der Waals surface area contributed by atoms with E-state index in [0.717, 1.165) is 0 Å². The maximum absolute atomic E-state index is 5.84. The first-order chi connectivity index (χ1) is 8.21. The van der Waals surface area contributed by atoms with Gasteiger partial charge < -0.3 is 4.74 Å². The highest BCUT2D eigenvalue weighted by molar-refractivity contribution is 5.10. The summed E-state index contributed by atoms with van der Waals surface area (Å²) in [6.45, 7) is 6.30. The molecule has 1 rings (SSSR count). The van der Waals surface area contributed by atoms with Crippen LogP contribution >= 0.6 is 0 Å². The molecule has 0 N–H and O–H groups in total. The lowest BCUT2D eigenvalue weighted by atomic mass is 9.84. The Labute approximate surface area is 108 Å². The maximum atomic E-state index is 5.84. The topological polar surface area (TPSA) is 9.23 Å². The van der Waals surface area contributed by atoms with Crippen LogP contribution in [0, 0.1) is 0 Å². The third kappa shape index (κ3) is 4.83. The second-order valence-electron chi connectivity index (χ2n) is 5.66. The molecule has 1 saturated carbocycles. The molecule has 17 heavy (non-hydrogen) atoms. The van der Waals surface area contributed by atoms with Crippen LogP contribution in [0.25, 0.3) is 0 Å². The van der Waals surface area contributed by atoms with E-state index in [9.17, 15) is 0 Å². The minimum Gasteiger partial charge on any atom is -0.374 e. The zero-order valence-electron chi connectivity index (χ0n) is 11.9. The van der Waals surface area contributed by atoms with Gasteiger partial charge in [0.15, 0.2) is 0 Å². The fourth-order valence-corrected chi connectivity index (χ4v) is 2.99. The number of ether oxygens (including phenoxy) is 1. The van der Waals surface area contributed by atoms with E-state index < -0.39 is 0 Å². The van der Waals surface area contributed by atoms with Crippen LogP contribution in [0.5, 0.6) is 0 Å². The standard InChI is InChI=1S/C16H30O/c1-15(2)16(17-3)13-11-9-7-5-4-6-8-10-12-14-16/h1,4-14H2,2-3H3. The van der Waals surface area contributed by atoms with Gasteiger partial charge >= 0.3 is 0 Å². The predicted octanol–water partition coefficient (Wildman–Crippen LogP) is 5.25. The van der Waals surface area contributed by atoms with Gasteiger partial charge in [0.25, 0.3) is 0 Å². The molecule has 0 bridgehead atoms. The molecule has 0 heterocycles. The number of rotatable bonds is 2. The lowest BCUT2D eigenvalue weighted by Crippen LogP contribution is -2.32. The van der Waals surface area contributed by atoms with E-state index >= 15 is 0 Å². The smallest absolute Gasteiger partial charge is 0.0882 e. The molecule has 0 atom stereocenters. The van der Waals surface area contributed by atoms with Gasteiger partial charge in [-0.05, 0) is 25.3 Å². The summed E-state index contributed by atoms with van der Waals surface area (Å²) in [7, 11) is 1.86. The van der Waals surface area contributed by atoms with Crippen molar-refractivity contribution in [1.29, 1.82) is 0 Å². The molecule has 0 amide bonds.